The average Bonchev–Trinajstić information content (AvgIpc) is 2.84. The van der Waals surface area contributed by atoms with Gasteiger partial charge in [0.05, 0.1) is 6.42 Å². The van der Waals surface area contributed by atoms with Crippen LogP contribution in [-0.4, -0.2) is 29.0 Å². The summed E-state index contributed by atoms with van der Waals surface area (Å²) in [5.41, 5.74) is 0.447. The highest BCUT2D eigenvalue weighted by Gasteiger charge is 2.62. The standard InChI is InChI=1S/C19H21NO5/c1-3-10-19(25-23-13-15-7-5-4-6-8-15)18(14(2)9-11-21)24-17-12-16(22)20(17)19/h3-8,11,17H,1,9-10,12-13H2,2H3/b18-14+/t17-,19?/m1/s1. The number of nitrogens with zero attached hydrogens (tertiary/aromatic N) is 1. The molecule has 0 aliphatic carbocycles. The fourth-order valence-corrected chi connectivity index (χ4v) is 3.17. The molecule has 6 nitrogen and oxygen atoms in total. The van der Waals surface area contributed by atoms with Gasteiger partial charge in [0.2, 0.25) is 11.6 Å². The van der Waals surface area contributed by atoms with Gasteiger partial charge >= 0.3 is 0 Å². The Labute approximate surface area is 146 Å². The van der Waals surface area contributed by atoms with Crippen molar-refractivity contribution in [2.24, 2.45) is 0 Å². The van der Waals surface area contributed by atoms with Gasteiger partial charge in [0.1, 0.15) is 12.9 Å². The Morgan fingerprint density at radius 1 is 1.44 bits per heavy atom. The summed E-state index contributed by atoms with van der Waals surface area (Å²) >= 11 is 0. The number of hydrogen-bond donors (Lipinski definition) is 0. The zero-order valence-corrected chi connectivity index (χ0v) is 14.1. The van der Waals surface area contributed by atoms with Crippen molar-refractivity contribution in [2.45, 2.75) is 44.7 Å². The molecule has 0 saturated carbocycles. The molecular weight excluding hydrogens is 322 g/mol. The lowest BCUT2D eigenvalue weighted by Crippen LogP contribution is -2.60. The highest BCUT2D eigenvalue weighted by Crippen LogP contribution is 2.48. The summed E-state index contributed by atoms with van der Waals surface area (Å²) in [4.78, 5) is 35.8. The topological polar surface area (TPSA) is 65.1 Å². The summed E-state index contributed by atoms with van der Waals surface area (Å²) in [5.74, 6) is 0.382. The maximum absolute atomic E-state index is 12.1. The van der Waals surface area contributed by atoms with Crippen molar-refractivity contribution in [2.75, 3.05) is 0 Å². The lowest BCUT2D eigenvalue weighted by atomic mass is 9.98. The third kappa shape index (κ3) is 3.10. The van der Waals surface area contributed by atoms with E-state index in [-0.39, 0.29) is 25.2 Å². The Balaban J connectivity index is 1.86. The van der Waals surface area contributed by atoms with Crippen molar-refractivity contribution < 1.29 is 24.1 Å². The molecular formula is C19H21NO5. The third-order valence-electron chi connectivity index (χ3n) is 4.37. The minimum absolute atomic E-state index is 0.0796. The van der Waals surface area contributed by atoms with Crippen LogP contribution in [0.3, 0.4) is 0 Å². The van der Waals surface area contributed by atoms with E-state index in [1.165, 1.54) is 4.90 Å². The van der Waals surface area contributed by atoms with E-state index in [4.69, 9.17) is 14.5 Å². The van der Waals surface area contributed by atoms with Crippen LogP contribution in [0, 0.1) is 0 Å². The van der Waals surface area contributed by atoms with E-state index >= 15 is 0 Å². The van der Waals surface area contributed by atoms with E-state index in [9.17, 15) is 9.59 Å². The summed E-state index contributed by atoms with van der Waals surface area (Å²) < 4.78 is 5.89. The lowest BCUT2D eigenvalue weighted by molar-refractivity contribution is -0.386. The van der Waals surface area contributed by atoms with Gasteiger partial charge in [0.15, 0.2) is 12.0 Å². The number of hydrogen-bond acceptors (Lipinski definition) is 5. The van der Waals surface area contributed by atoms with Gasteiger partial charge in [0.25, 0.3) is 0 Å². The van der Waals surface area contributed by atoms with Crippen LogP contribution in [0.2, 0.25) is 0 Å². The van der Waals surface area contributed by atoms with Crippen LogP contribution in [0.25, 0.3) is 0 Å². The predicted molar refractivity (Wildman–Crippen MR) is 89.6 cm³/mol. The van der Waals surface area contributed by atoms with Crippen molar-refractivity contribution in [3.05, 3.63) is 59.9 Å². The van der Waals surface area contributed by atoms with E-state index in [0.717, 1.165) is 11.8 Å². The van der Waals surface area contributed by atoms with E-state index in [1.54, 1.807) is 13.0 Å². The molecule has 132 valence electrons. The molecule has 0 radical (unpaired) electrons. The first-order valence-electron chi connectivity index (χ1n) is 8.20. The summed E-state index contributed by atoms with van der Waals surface area (Å²) in [6.07, 6.45) is 2.85. The molecule has 1 aromatic carbocycles. The van der Waals surface area contributed by atoms with Gasteiger partial charge < -0.3 is 9.53 Å². The summed E-state index contributed by atoms with van der Waals surface area (Å²) in [6.45, 7) is 5.78. The second-order valence-corrected chi connectivity index (χ2v) is 6.13. The highest BCUT2D eigenvalue weighted by molar-refractivity contribution is 5.84. The molecule has 25 heavy (non-hydrogen) atoms. The average molecular weight is 343 g/mol. The van der Waals surface area contributed by atoms with Crippen molar-refractivity contribution in [1.82, 2.24) is 4.90 Å². The van der Waals surface area contributed by atoms with Gasteiger partial charge in [-0.15, -0.1) is 6.58 Å². The number of ether oxygens (including phenoxy) is 1. The molecule has 0 spiro atoms. The molecule has 2 heterocycles. The zero-order chi connectivity index (χ0) is 17.9. The number of rotatable bonds is 8. The molecule has 2 atom stereocenters. The van der Waals surface area contributed by atoms with Crippen molar-refractivity contribution in [1.29, 1.82) is 0 Å². The maximum Gasteiger partial charge on any atom is 0.241 e. The second-order valence-electron chi connectivity index (χ2n) is 6.13. The number of aldehydes is 1. The summed E-state index contributed by atoms with van der Waals surface area (Å²) in [5, 5.41) is 0. The Bertz CT molecular complexity index is 699. The van der Waals surface area contributed by atoms with E-state index in [1.807, 2.05) is 30.3 Å². The van der Waals surface area contributed by atoms with Gasteiger partial charge in [0, 0.05) is 12.8 Å². The first-order chi connectivity index (χ1) is 12.1. The number of fused-ring (bicyclic) bond motifs is 1. The molecule has 3 rings (SSSR count). The highest BCUT2D eigenvalue weighted by atomic mass is 17.2. The first-order valence-corrected chi connectivity index (χ1v) is 8.20. The molecule has 0 N–H and O–H groups in total. The number of β-lactam (4-membered cyclic amide) rings is 1. The van der Waals surface area contributed by atoms with E-state index in [2.05, 4.69) is 6.58 Å². The van der Waals surface area contributed by atoms with Crippen molar-refractivity contribution in [3.63, 3.8) is 0 Å². The SMILES string of the molecule is C=CCC1(OOCc2ccccc2)/C(=C(/C)CC=O)O[C@@H]2CC(=O)N21. The molecule has 0 bridgehead atoms. The molecule has 1 aromatic rings. The quantitative estimate of drug-likeness (QED) is 0.239. The van der Waals surface area contributed by atoms with Gasteiger partial charge in [-0.2, -0.15) is 4.89 Å². The fraction of sp³-hybridized carbons (Fsp3) is 0.368. The monoisotopic (exact) mass is 343 g/mol. The molecule has 2 fully saturated rings. The van der Waals surface area contributed by atoms with Crippen LogP contribution in [0.1, 0.15) is 31.7 Å². The smallest absolute Gasteiger partial charge is 0.241 e. The number of carbonyl (C=O) groups is 2. The van der Waals surface area contributed by atoms with Crippen molar-refractivity contribution >= 4 is 12.2 Å². The fourth-order valence-electron chi connectivity index (χ4n) is 3.17. The largest absolute Gasteiger partial charge is 0.469 e. The maximum atomic E-state index is 12.1. The van der Waals surface area contributed by atoms with Gasteiger partial charge in [-0.05, 0) is 18.1 Å². The Hall–Kier alpha value is -2.44. The van der Waals surface area contributed by atoms with Crippen LogP contribution >= 0.6 is 0 Å². The van der Waals surface area contributed by atoms with Gasteiger partial charge in [-0.25, -0.2) is 4.89 Å². The second kappa shape index (κ2) is 7.21. The zero-order valence-electron chi connectivity index (χ0n) is 14.1. The molecule has 1 amide bonds. The minimum atomic E-state index is -1.20. The van der Waals surface area contributed by atoms with E-state index in [0.29, 0.717) is 24.2 Å². The molecule has 2 aliphatic heterocycles. The van der Waals surface area contributed by atoms with Crippen LogP contribution in [-0.2, 0) is 30.7 Å². The van der Waals surface area contributed by atoms with Gasteiger partial charge in [-0.3, -0.25) is 9.69 Å². The van der Waals surface area contributed by atoms with Crippen LogP contribution in [0.15, 0.2) is 54.3 Å². The van der Waals surface area contributed by atoms with E-state index < -0.39 is 5.72 Å². The molecule has 2 aliphatic rings. The van der Waals surface area contributed by atoms with Crippen LogP contribution in [0.4, 0.5) is 0 Å². The summed E-state index contributed by atoms with van der Waals surface area (Å²) in [6, 6.07) is 9.57. The summed E-state index contributed by atoms with van der Waals surface area (Å²) in [7, 11) is 0. The van der Waals surface area contributed by atoms with Crippen molar-refractivity contribution in [3.8, 4) is 0 Å². The number of benzene rings is 1. The Kier molecular flexibility index (Phi) is 5.01. The first kappa shape index (κ1) is 17.4. The van der Waals surface area contributed by atoms with Gasteiger partial charge in [-0.1, -0.05) is 36.4 Å². The Morgan fingerprint density at radius 2 is 2.20 bits per heavy atom. The molecule has 2 saturated heterocycles. The minimum Gasteiger partial charge on any atom is -0.469 e. The number of carbonyl (C=O) groups excluding carboxylic acids is 2. The third-order valence-corrected chi connectivity index (χ3v) is 4.37. The number of amides is 1. The predicted octanol–water partition coefficient (Wildman–Crippen LogP) is 2.86. The molecule has 6 heteroatoms. The molecule has 0 aromatic heterocycles. The Morgan fingerprint density at radius 3 is 2.84 bits per heavy atom. The number of allylic oxidation sites excluding steroid dienone is 1. The van der Waals surface area contributed by atoms with Crippen LogP contribution < -0.4 is 0 Å². The van der Waals surface area contributed by atoms with Crippen LogP contribution in [0.5, 0.6) is 0 Å². The molecule has 1 unspecified atom stereocenters. The normalized spacial score (nSPS) is 26.5. The lowest BCUT2D eigenvalue weighted by Gasteiger charge is -2.41.